The van der Waals surface area contributed by atoms with Crippen molar-refractivity contribution in [3.63, 3.8) is 0 Å². The number of nitrogens with zero attached hydrogens (tertiary/aromatic N) is 2. The van der Waals surface area contributed by atoms with E-state index < -0.39 is 0 Å². The van der Waals surface area contributed by atoms with Crippen LogP contribution >= 0.6 is 11.8 Å². The van der Waals surface area contributed by atoms with Crippen LogP contribution in [0.4, 0.5) is 0 Å². The van der Waals surface area contributed by atoms with Gasteiger partial charge >= 0.3 is 0 Å². The molecule has 1 amide bonds. The Morgan fingerprint density at radius 1 is 1.27 bits per heavy atom. The molecule has 3 fully saturated rings. The normalized spacial score (nSPS) is 31.9. The number of ether oxygens (including phenoxy) is 3. The Bertz CT molecular complexity index is 808. The van der Waals surface area contributed by atoms with Gasteiger partial charge in [0.25, 0.3) is 0 Å². The molecule has 1 aromatic rings. The number of aliphatic hydroxyl groups excluding tert-OH is 1. The minimum atomic E-state index is -0.333. The fourth-order valence-corrected chi connectivity index (χ4v) is 6.08. The van der Waals surface area contributed by atoms with Gasteiger partial charge in [-0.2, -0.15) is 11.8 Å². The fraction of sp³-hybridized carbons (Fsp3) is 0.682. The summed E-state index contributed by atoms with van der Waals surface area (Å²) in [5, 5.41) is 10.1. The van der Waals surface area contributed by atoms with Gasteiger partial charge in [-0.1, -0.05) is 6.07 Å². The number of morpholine rings is 1. The molecule has 7 nitrogen and oxygen atoms in total. The standard InChI is InChI=1S/C22H30N2O5S/c1-30-6-2-5-23-9-17-16(11-25)20-10-24(13-22(17,12-23)29-20)21(26)8-15-3-4-18-19(7-15)28-14-27-18/h3-4,7,16-17,20,25H,2,5-6,8-14H2,1H3/t16-,17+,20+,22-/m0/s1. The Morgan fingerprint density at radius 3 is 2.97 bits per heavy atom. The highest BCUT2D eigenvalue weighted by Crippen LogP contribution is 2.49. The van der Waals surface area contributed by atoms with Gasteiger partial charge in [-0.3, -0.25) is 9.69 Å². The van der Waals surface area contributed by atoms with E-state index in [4.69, 9.17) is 14.2 Å². The molecule has 1 N–H and O–H groups in total. The molecule has 0 unspecified atom stereocenters. The van der Waals surface area contributed by atoms with Gasteiger partial charge in [0.2, 0.25) is 12.7 Å². The summed E-state index contributed by atoms with van der Waals surface area (Å²) in [5.41, 5.74) is 0.598. The van der Waals surface area contributed by atoms with Gasteiger partial charge in [-0.25, -0.2) is 0 Å². The van der Waals surface area contributed by atoms with E-state index >= 15 is 0 Å². The van der Waals surface area contributed by atoms with Crippen molar-refractivity contribution < 1.29 is 24.1 Å². The number of carbonyl (C=O) groups is 1. The van der Waals surface area contributed by atoms with E-state index in [9.17, 15) is 9.90 Å². The fourth-order valence-electron chi connectivity index (χ4n) is 5.66. The van der Waals surface area contributed by atoms with E-state index in [1.54, 1.807) is 0 Å². The molecular weight excluding hydrogens is 404 g/mol. The average Bonchev–Trinajstić information content (AvgIpc) is 3.38. The third-order valence-corrected chi connectivity index (χ3v) is 7.74. The van der Waals surface area contributed by atoms with Crippen LogP contribution in [0.3, 0.4) is 0 Å². The maximum Gasteiger partial charge on any atom is 0.231 e. The van der Waals surface area contributed by atoms with Crippen LogP contribution < -0.4 is 9.47 Å². The highest BCUT2D eigenvalue weighted by atomic mass is 32.2. The lowest BCUT2D eigenvalue weighted by Crippen LogP contribution is -2.56. The first kappa shape index (κ1) is 20.4. The van der Waals surface area contributed by atoms with Crippen molar-refractivity contribution in [3.05, 3.63) is 23.8 Å². The molecule has 1 spiro atoms. The van der Waals surface area contributed by atoms with E-state index in [2.05, 4.69) is 11.2 Å². The molecule has 0 aliphatic carbocycles. The van der Waals surface area contributed by atoms with Crippen LogP contribution in [-0.2, 0) is 16.0 Å². The summed E-state index contributed by atoms with van der Waals surface area (Å²) in [6.07, 6.45) is 3.57. The highest BCUT2D eigenvalue weighted by Gasteiger charge is 2.62. The third-order valence-electron chi connectivity index (χ3n) is 7.04. The topological polar surface area (TPSA) is 71.5 Å². The Labute approximate surface area is 181 Å². The van der Waals surface area contributed by atoms with Gasteiger partial charge in [0.1, 0.15) is 5.60 Å². The van der Waals surface area contributed by atoms with Gasteiger partial charge in [0, 0.05) is 38.1 Å². The third kappa shape index (κ3) is 3.57. The van der Waals surface area contributed by atoms with Crippen molar-refractivity contribution in [2.75, 3.05) is 58.1 Å². The number of aliphatic hydroxyl groups is 1. The highest BCUT2D eigenvalue weighted by molar-refractivity contribution is 7.98. The summed E-state index contributed by atoms with van der Waals surface area (Å²) in [6, 6.07) is 5.70. The molecule has 3 saturated heterocycles. The van der Waals surface area contributed by atoms with Gasteiger partial charge in [0.05, 0.1) is 19.1 Å². The zero-order valence-electron chi connectivity index (χ0n) is 17.4. The first-order chi connectivity index (χ1) is 14.6. The number of rotatable bonds is 7. The van der Waals surface area contributed by atoms with Crippen molar-refractivity contribution in [1.82, 2.24) is 9.80 Å². The molecule has 4 heterocycles. The minimum Gasteiger partial charge on any atom is -0.454 e. The van der Waals surface area contributed by atoms with E-state index in [-0.39, 0.29) is 36.9 Å². The van der Waals surface area contributed by atoms with Crippen LogP contribution in [0.25, 0.3) is 0 Å². The van der Waals surface area contributed by atoms with Crippen LogP contribution in [-0.4, -0.2) is 90.7 Å². The second-order valence-electron chi connectivity index (χ2n) is 8.89. The molecule has 2 bridgehead atoms. The van der Waals surface area contributed by atoms with Crippen molar-refractivity contribution in [3.8, 4) is 11.5 Å². The van der Waals surface area contributed by atoms with Crippen LogP contribution in [0.15, 0.2) is 18.2 Å². The molecule has 0 radical (unpaired) electrons. The van der Waals surface area contributed by atoms with Crippen molar-refractivity contribution >= 4 is 17.7 Å². The Hall–Kier alpha value is -1.48. The van der Waals surface area contributed by atoms with Gasteiger partial charge in [-0.05, 0) is 42.7 Å². The summed E-state index contributed by atoms with van der Waals surface area (Å²) in [6.45, 7) is 4.41. The van der Waals surface area contributed by atoms with Crippen LogP contribution in [0.2, 0.25) is 0 Å². The quantitative estimate of drug-likeness (QED) is 0.647. The van der Waals surface area contributed by atoms with Gasteiger partial charge in [-0.15, -0.1) is 0 Å². The summed E-state index contributed by atoms with van der Waals surface area (Å²) in [4.78, 5) is 17.6. The molecule has 164 valence electrons. The summed E-state index contributed by atoms with van der Waals surface area (Å²) >= 11 is 1.87. The summed E-state index contributed by atoms with van der Waals surface area (Å²) in [5.74, 6) is 3.11. The number of benzene rings is 1. The lowest BCUT2D eigenvalue weighted by Gasteiger charge is -2.40. The molecule has 8 heteroatoms. The number of hydrogen-bond acceptors (Lipinski definition) is 7. The molecule has 4 aliphatic rings. The summed E-state index contributed by atoms with van der Waals surface area (Å²) in [7, 11) is 0. The lowest BCUT2D eigenvalue weighted by molar-refractivity contribution is -0.153. The molecule has 30 heavy (non-hydrogen) atoms. The van der Waals surface area contributed by atoms with Gasteiger partial charge in [0.15, 0.2) is 11.5 Å². The minimum absolute atomic E-state index is 0.0669. The predicted octanol–water partition coefficient (Wildman–Crippen LogP) is 1.23. The number of amides is 1. The first-order valence-corrected chi connectivity index (χ1v) is 12.2. The monoisotopic (exact) mass is 434 g/mol. The number of hydrogen-bond donors (Lipinski definition) is 1. The van der Waals surface area contributed by atoms with Crippen LogP contribution in [0.1, 0.15) is 12.0 Å². The Morgan fingerprint density at radius 2 is 2.13 bits per heavy atom. The van der Waals surface area contributed by atoms with Crippen molar-refractivity contribution in [2.45, 2.75) is 24.5 Å². The number of carbonyl (C=O) groups excluding carboxylic acids is 1. The van der Waals surface area contributed by atoms with Crippen molar-refractivity contribution in [1.29, 1.82) is 0 Å². The maximum atomic E-state index is 13.2. The summed E-state index contributed by atoms with van der Waals surface area (Å²) < 4.78 is 17.3. The Kier molecular flexibility index (Phi) is 5.60. The van der Waals surface area contributed by atoms with E-state index in [1.165, 1.54) is 0 Å². The predicted molar refractivity (Wildman–Crippen MR) is 114 cm³/mol. The number of fused-ring (bicyclic) bond motifs is 2. The van der Waals surface area contributed by atoms with E-state index in [1.807, 2.05) is 34.9 Å². The molecular formula is C22H30N2O5S. The second kappa shape index (κ2) is 8.22. The zero-order chi connectivity index (χ0) is 20.7. The molecule has 4 aliphatic heterocycles. The average molecular weight is 435 g/mol. The second-order valence-corrected chi connectivity index (χ2v) is 9.88. The zero-order valence-corrected chi connectivity index (χ0v) is 18.2. The number of likely N-dealkylation sites (tertiary alicyclic amines) is 2. The molecule has 1 aromatic carbocycles. The largest absolute Gasteiger partial charge is 0.454 e. The van der Waals surface area contributed by atoms with Gasteiger partial charge < -0.3 is 24.2 Å². The van der Waals surface area contributed by atoms with Crippen LogP contribution in [0, 0.1) is 11.8 Å². The molecule has 0 saturated carbocycles. The van der Waals surface area contributed by atoms with Crippen LogP contribution in [0.5, 0.6) is 11.5 Å². The van der Waals surface area contributed by atoms with Crippen molar-refractivity contribution in [2.24, 2.45) is 11.8 Å². The number of thioether (sulfide) groups is 1. The molecule has 4 atom stereocenters. The van der Waals surface area contributed by atoms with E-state index in [0.29, 0.717) is 31.2 Å². The SMILES string of the molecule is CSCCCN1C[C@@H]2[C@H](CO)[C@H]3CN(C(=O)Cc4ccc5c(c4)OCO5)C[C@]2(C1)O3. The molecule has 5 rings (SSSR count). The molecule has 0 aromatic heterocycles. The maximum absolute atomic E-state index is 13.2. The smallest absolute Gasteiger partial charge is 0.231 e. The lowest BCUT2D eigenvalue weighted by atomic mass is 9.83. The first-order valence-electron chi connectivity index (χ1n) is 10.8. The Balaban J connectivity index is 1.28. The van der Waals surface area contributed by atoms with E-state index in [0.717, 1.165) is 43.1 Å².